The fourth-order valence-electron chi connectivity index (χ4n) is 2.60. The number of rotatable bonds is 7. The molecule has 1 atom stereocenters. The topological polar surface area (TPSA) is 133 Å². The second kappa shape index (κ2) is 8.78. The summed E-state index contributed by atoms with van der Waals surface area (Å²) in [5, 5.41) is 12.0. The second-order valence-electron chi connectivity index (χ2n) is 6.61. The first-order valence-corrected chi connectivity index (χ1v) is 11.3. The smallest absolute Gasteiger partial charge is 0.243 e. The van der Waals surface area contributed by atoms with E-state index in [0.717, 1.165) is 15.4 Å². The van der Waals surface area contributed by atoms with Crippen LogP contribution < -0.4 is 15.4 Å². The number of aromatic nitrogens is 2. The van der Waals surface area contributed by atoms with Crippen molar-refractivity contribution in [3.8, 4) is 10.6 Å². The summed E-state index contributed by atoms with van der Waals surface area (Å²) in [6.45, 7) is 4.79. The van der Waals surface area contributed by atoms with Gasteiger partial charge in [-0.1, -0.05) is 0 Å². The third-order valence-electron chi connectivity index (χ3n) is 4.05. The van der Waals surface area contributed by atoms with E-state index < -0.39 is 22.0 Å². The van der Waals surface area contributed by atoms with E-state index in [0.29, 0.717) is 11.5 Å². The van der Waals surface area contributed by atoms with Gasteiger partial charge in [-0.25, -0.2) is 8.42 Å². The molecule has 4 N–H and O–H groups in total. The second-order valence-corrected chi connectivity index (χ2v) is 9.62. The van der Waals surface area contributed by atoms with Crippen LogP contribution in [0.15, 0.2) is 47.4 Å². The Kier molecular flexibility index (Phi) is 6.34. The Bertz CT molecular complexity index is 1170. The maximum atomic E-state index is 12.5. The molecule has 2 aromatic heterocycles. The third-order valence-corrected chi connectivity index (χ3v) is 6.64. The van der Waals surface area contributed by atoms with Crippen molar-refractivity contribution >= 4 is 44.7 Å². The third kappa shape index (κ3) is 5.32. The van der Waals surface area contributed by atoms with E-state index in [2.05, 4.69) is 25.6 Å². The van der Waals surface area contributed by atoms with E-state index in [1.165, 1.54) is 38.1 Å². The number of aromatic amines is 1. The van der Waals surface area contributed by atoms with Crippen LogP contribution in [0.5, 0.6) is 0 Å². The van der Waals surface area contributed by atoms with Crippen LogP contribution in [0.2, 0.25) is 0 Å². The van der Waals surface area contributed by atoms with Crippen molar-refractivity contribution in [1.82, 2.24) is 14.9 Å². The van der Waals surface area contributed by atoms with Gasteiger partial charge in [0.1, 0.15) is 0 Å². The average molecular weight is 448 g/mol. The molecule has 0 aliphatic heterocycles. The molecule has 11 heteroatoms. The van der Waals surface area contributed by atoms with Crippen molar-refractivity contribution in [2.24, 2.45) is 0 Å². The van der Waals surface area contributed by atoms with Gasteiger partial charge in [0.15, 0.2) is 5.82 Å². The number of nitrogens with one attached hydrogen (secondary N) is 4. The molecule has 3 aromatic rings. The molecule has 3 rings (SSSR count). The molecule has 0 radical (unpaired) electrons. The molecule has 0 saturated carbocycles. The predicted molar refractivity (Wildman–Crippen MR) is 116 cm³/mol. The zero-order valence-electron chi connectivity index (χ0n) is 16.5. The molecule has 9 nitrogen and oxygen atoms in total. The number of nitrogens with zero attached hydrogens (tertiary/aromatic N) is 1. The Morgan fingerprint density at radius 2 is 1.80 bits per heavy atom. The van der Waals surface area contributed by atoms with E-state index in [-0.39, 0.29) is 10.8 Å². The molecular formula is C19H21N5O4S2. The first-order valence-electron chi connectivity index (χ1n) is 8.97. The van der Waals surface area contributed by atoms with Crippen LogP contribution >= 0.6 is 11.3 Å². The summed E-state index contributed by atoms with van der Waals surface area (Å²) in [6, 6.07) is 10.2. The number of amides is 2. The van der Waals surface area contributed by atoms with E-state index in [1.54, 1.807) is 17.4 Å². The molecule has 158 valence electrons. The number of thiophene rings is 1. The van der Waals surface area contributed by atoms with Gasteiger partial charge < -0.3 is 10.6 Å². The highest BCUT2D eigenvalue weighted by atomic mass is 32.2. The number of aryl methyl sites for hydroxylation is 1. The number of anilines is 2. The Labute approximate surface area is 178 Å². The molecule has 2 heterocycles. The number of sulfonamides is 1. The summed E-state index contributed by atoms with van der Waals surface area (Å²) in [4.78, 5) is 25.6. The molecule has 30 heavy (non-hydrogen) atoms. The van der Waals surface area contributed by atoms with Crippen LogP contribution in [-0.2, 0) is 19.6 Å². The van der Waals surface area contributed by atoms with Crippen LogP contribution in [0.4, 0.5) is 11.5 Å². The van der Waals surface area contributed by atoms with Crippen LogP contribution in [-0.4, -0.2) is 36.5 Å². The van der Waals surface area contributed by atoms with Crippen LogP contribution in [0.1, 0.15) is 18.7 Å². The number of H-pyrrole nitrogens is 1. The fourth-order valence-corrected chi connectivity index (χ4v) is 4.64. The molecule has 1 aromatic carbocycles. The largest absolute Gasteiger partial charge is 0.326 e. The standard InChI is InChI=1S/C19H21N5O4S2/c1-11-4-9-17(29-11)16-10-18(23-22-16)21-19(26)12(2)24-30(27,28)15-7-5-14(6-8-15)20-13(3)25/h4-10,12,24H,1-3H3,(H,20,25)(H2,21,22,23,26)/t12-/m0/s1. The van der Waals surface area contributed by atoms with Gasteiger partial charge in [-0.3, -0.25) is 14.7 Å². The van der Waals surface area contributed by atoms with Gasteiger partial charge in [0.05, 0.1) is 21.5 Å². The maximum Gasteiger partial charge on any atom is 0.243 e. The predicted octanol–water partition coefficient (Wildman–Crippen LogP) is 2.71. The molecule has 0 bridgehead atoms. The highest BCUT2D eigenvalue weighted by molar-refractivity contribution is 7.89. The molecule has 0 fully saturated rings. The van der Waals surface area contributed by atoms with Crippen molar-refractivity contribution in [2.45, 2.75) is 31.7 Å². The van der Waals surface area contributed by atoms with Gasteiger partial charge in [0.2, 0.25) is 21.8 Å². The van der Waals surface area contributed by atoms with E-state index in [4.69, 9.17) is 0 Å². The Balaban J connectivity index is 1.63. The van der Waals surface area contributed by atoms with Gasteiger partial charge in [-0.15, -0.1) is 11.3 Å². The van der Waals surface area contributed by atoms with Gasteiger partial charge in [-0.2, -0.15) is 9.82 Å². The minimum atomic E-state index is -3.93. The molecule has 0 saturated heterocycles. The molecule has 0 spiro atoms. The number of benzene rings is 1. The first-order chi connectivity index (χ1) is 14.1. The molecule has 2 amide bonds. The Hall–Kier alpha value is -3.02. The van der Waals surface area contributed by atoms with E-state index in [9.17, 15) is 18.0 Å². The van der Waals surface area contributed by atoms with Gasteiger partial charge in [0.25, 0.3) is 0 Å². The van der Waals surface area contributed by atoms with Crippen LogP contribution in [0.25, 0.3) is 10.6 Å². The lowest BCUT2D eigenvalue weighted by molar-refractivity contribution is -0.117. The van der Waals surface area contributed by atoms with Crippen LogP contribution in [0, 0.1) is 6.92 Å². The molecule has 0 aliphatic carbocycles. The SMILES string of the molecule is CC(=O)Nc1ccc(S(=O)(=O)N[C@@H](C)C(=O)Nc2cc(-c3ccc(C)s3)[nH]n2)cc1. The molecular weight excluding hydrogens is 426 g/mol. The number of carbonyl (C=O) groups excluding carboxylic acids is 2. The van der Waals surface area contributed by atoms with Gasteiger partial charge in [0, 0.05) is 23.6 Å². The summed E-state index contributed by atoms with van der Waals surface area (Å²) in [5.41, 5.74) is 1.23. The Morgan fingerprint density at radius 3 is 2.40 bits per heavy atom. The van der Waals surface area contributed by atoms with E-state index in [1.807, 2.05) is 19.1 Å². The normalized spacial score (nSPS) is 12.4. The maximum absolute atomic E-state index is 12.5. The van der Waals surface area contributed by atoms with Crippen molar-refractivity contribution < 1.29 is 18.0 Å². The van der Waals surface area contributed by atoms with Crippen molar-refractivity contribution in [3.05, 3.63) is 47.3 Å². The van der Waals surface area contributed by atoms with Crippen molar-refractivity contribution in [2.75, 3.05) is 10.6 Å². The summed E-state index contributed by atoms with van der Waals surface area (Å²) < 4.78 is 27.4. The summed E-state index contributed by atoms with van der Waals surface area (Å²) in [5.74, 6) is -0.509. The zero-order chi connectivity index (χ0) is 21.9. The highest BCUT2D eigenvalue weighted by Crippen LogP contribution is 2.27. The lowest BCUT2D eigenvalue weighted by Crippen LogP contribution is -2.41. The summed E-state index contributed by atoms with van der Waals surface area (Å²) in [7, 11) is -3.93. The van der Waals surface area contributed by atoms with Gasteiger partial charge in [-0.05, 0) is 50.2 Å². The summed E-state index contributed by atoms with van der Waals surface area (Å²) in [6.07, 6.45) is 0. The quantitative estimate of drug-likeness (QED) is 0.442. The number of carbonyl (C=O) groups is 2. The van der Waals surface area contributed by atoms with Crippen LogP contribution in [0.3, 0.4) is 0 Å². The monoisotopic (exact) mass is 447 g/mol. The first kappa shape index (κ1) is 21.7. The zero-order valence-corrected chi connectivity index (χ0v) is 18.1. The lowest BCUT2D eigenvalue weighted by atomic mass is 10.3. The van der Waals surface area contributed by atoms with Crippen molar-refractivity contribution in [3.63, 3.8) is 0 Å². The highest BCUT2D eigenvalue weighted by Gasteiger charge is 2.23. The van der Waals surface area contributed by atoms with Gasteiger partial charge >= 0.3 is 0 Å². The molecule has 0 aliphatic rings. The minimum absolute atomic E-state index is 0.0219. The number of hydrogen-bond acceptors (Lipinski definition) is 6. The molecule has 0 unspecified atom stereocenters. The number of hydrogen-bond donors (Lipinski definition) is 4. The minimum Gasteiger partial charge on any atom is -0.326 e. The lowest BCUT2D eigenvalue weighted by Gasteiger charge is -2.14. The van der Waals surface area contributed by atoms with Crippen molar-refractivity contribution in [1.29, 1.82) is 0 Å². The Morgan fingerprint density at radius 1 is 1.10 bits per heavy atom. The summed E-state index contributed by atoms with van der Waals surface area (Å²) >= 11 is 1.59. The average Bonchev–Trinajstić information content (AvgIpc) is 3.30. The van der Waals surface area contributed by atoms with E-state index >= 15 is 0 Å². The fraction of sp³-hybridized carbons (Fsp3) is 0.211.